The summed E-state index contributed by atoms with van der Waals surface area (Å²) >= 11 is 0. The number of fused-ring (bicyclic) bond motifs is 7. The molecule has 0 aromatic heterocycles. The second-order valence-electron chi connectivity index (χ2n) is 13.4. The van der Waals surface area contributed by atoms with Gasteiger partial charge < -0.3 is 25.2 Å². The zero-order valence-electron chi connectivity index (χ0n) is 21.0. The third-order valence-corrected chi connectivity index (χ3v) is 12.2. The molecule has 4 N–H and O–H groups in total. The van der Waals surface area contributed by atoms with Gasteiger partial charge >= 0.3 is 5.97 Å². The fourth-order valence-corrected chi connectivity index (χ4v) is 9.55. The molecule has 1 saturated heterocycles. The van der Waals surface area contributed by atoms with E-state index in [-0.39, 0.29) is 29.5 Å². The first-order valence-corrected chi connectivity index (χ1v) is 13.1. The summed E-state index contributed by atoms with van der Waals surface area (Å²) in [6.07, 6.45) is 8.76. The molecule has 6 rings (SSSR count). The molecule has 1 heterocycles. The Bertz CT molecular complexity index is 1060. The maximum Gasteiger partial charge on any atom is 0.338 e. The van der Waals surface area contributed by atoms with Gasteiger partial charge in [-0.3, -0.25) is 4.79 Å². The maximum absolute atomic E-state index is 13.3. The molecule has 3 saturated carbocycles. The summed E-state index contributed by atoms with van der Waals surface area (Å²) in [5.41, 5.74) is -6.31. The van der Waals surface area contributed by atoms with Gasteiger partial charge in [0.05, 0.1) is 11.0 Å². The summed E-state index contributed by atoms with van der Waals surface area (Å²) in [5, 5.41) is 45.2. The number of Topliss-reactive ketones (excluding diaryl/α,β-unsaturated/α-hetero) is 1. The molecule has 0 radical (unpaired) electrons. The van der Waals surface area contributed by atoms with Crippen LogP contribution in [0, 0.1) is 39.9 Å². The number of rotatable bonds is 1. The summed E-state index contributed by atoms with van der Waals surface area (Å²) in [4.78, 5) is 25.9. The van der Waals surface area contributed by atoms with Gasteiger partial charge in [0.15, 0.2) is 11.4 Å². The van der Waals surface area contributed by atoms with Crippen molar-refractivity contribution < 1.29 is 34.8 Å². The molecule has 35 heavy (non-hydrogen) atoms. The van der Waals surface area contributed by atoms with Crippen LogP contribution in [0.1, 0.15) is 66.2 Å². The number of hydrogen-bond donors (Lipinski definition) is 4. The summed E-state index contributed by atoms with van der Waals surface area (Å²) in [5.74, 6) is -1.29. The van der Waals surface area contributed by atoms with Gasteiger partial charge in [-0.15, -0.1) is 0 Å². The first kappa shape index (κ1) is 23.8. The maximum atomic E-state index is 13.3. The molecule has 6 aliphatic rings. The molecule has 0 amide bonds. The fourth-order valence-electron chi connectivity index (χ4n) is 9.55. The van der Waals surface area contributed by atoms with Crippen LogP contribution in [0.15, 0.2) is 24.3 Å². The third kappa shape index (κ3) is 2.51. The van der Waals surface area contributed by atoms with Crippen molar-refractivity contribution in [1.29, 1.82) is 0 Å². The van der Waals surface area contributed by atoms with E-state index in [1.165, 1.54) is 13.0 Å². The van der Waals surface area contributed by atoms with Crippen LogP contribution in [0.3, 0.4) is 0 Å². The third-order valence-electron chi connectivity index (χ3n) is 12.2. The van der Waals surface area contributed by atoms with Crippen molar-refractivity contribution in [3.8, 4) is 0 Å². The van der Waals surface area contributed by atoms with Gasteiger partial charge in [0.2, 0.25) is 0 Å². The average molecular weight is 487 g/mol. The van der Waals surface area contributed by atoms with Gasteiger partial charge in [-0.05, 0) is 82.3 Å². The molecule has 12 atom stereocenters. The summed E-state index contributed by atoms with van der Waals surface area (Å²) in [7, 11) is 0. The predicted octanol–water partition coefficient (Wildman–Crippen LogP) is 2.06. The number of esters is 1. The highest BCUT2D eigenvalue weighted by Crippen LogP contribution is 2.70. The minimum Gasteiger partial charge on any atom is -0.460 e. The van der Waals surface area contributed by atoms with Crippen LogP contribution < -0.4 is 0 Å². The first-order valence-electron chi connectivity index (χ1n) is 13.1. The lowest BCUT2D eigenvalue weighted by Gasteiger charge is -2.60. The van der Waals surface area contributed by atoms with Crippen molar-refractivity contribution in [2.24, 2.45) is 39.9 Å². The van der Waals surface area contributed by atoms with Gasteiger partial charge in [-0.1, -0.05) is 26.0 Å². The smallest absolute Gasteiger partial charge is 0.338 e. The standard InChI is InChI=1S/C28H38O7/c1-23-13-18(20(14-23)35-22(31)26(23,4)32)28(34)12-7-16-15-5-10-27(33)11-8-19(29)21(30)25(27,3)17(15)6-9-24(16,28)2/h5,8,10-11,15-20,29,32-34H,6-7,9,12-14H2,1-4H3/t15-,16-,17-,18-,19+,20+,23+,24-,25-,26-,27+,28+/m0/s1. The molecule has 0 aromatic carbocycles. The van der Waals surface area contributed by atoms with Gasteiger partial charge in [-0.2, -0.15) is 0 Å². The Morgan fingerprint density at radius 1 is 0.886 bits per heavy atom. The van der Waals surface area contributed by atoms with E-state index in [2.05, 4.69) is 6.92 Å². The predicted molar refractivity (Wildman–Crippen MR) is 126 cm³/mol. The molecule has 0 spiro atoms. The Labute approximate surface area is 206 Å². The SMILES string of the molecule is C[C@@]12C[C@@H](OC(=O)[C@]1(C)O)[C@@H]([C@]1(O)CC[C@H]3[C@@H]4C=C[C@@]5(O)C=C[C@@H](O)C(=O)[C@]5(C)[C@H]4CC[C@@]31C)C2. The normalized spacial score (nSPS) is 60.7. The van der Waals surface area contributed by atoms with Gasteiger partial charge in [0, 0.05) is 16.7 Å². The molecule has 0 aromatic rings. The van der Waals surface area contributed by atoms with Crippen LogP contribution in [0.25, 0.3) is 0 Å². The van der Waals surface area contributed by atoms with E-state index >= 15 is 0 Å². The van der Waals surface area contributed by atoms with Gasteiger partial charge in [0.25, 0.3) is 0 Å². The van der Waals surface area contributed by atoms with Crippen LogP contribution in [0.5, 0.6) is 0 Å². The number of carbonyl (C=O) groups excluding carboxylic acids is 2. The summed E-state index contributed by atoms with van der Waals surface area (Å²) < 4.78 is 5.73. The molecule has 7 nitrogen and oxygen atoms in total. The first-order chi connectivity index (χ1) is 16.1. The quantitative estimate of drug-likeness (QED) is 0.330. The molecule has 4 fully saturated rings. The van der Waals surface area contributed by atoms with Crippen LogP contribution in [-0.4, -0.2) is 61.2 Å². The molecule has 192 valence electrons. The highest BCUT2D eigenvalue weighted by atomic mass is 16.6. The zero-order valence-corrected chi connectivity index (χ0v) is 21.0. The topological polar surface area (TPSA) is 124 Å². The monoisotopic (exact) mass is 486 g/mol. The lowest BCUT2D eigenvalue weighted by Crippen LogP contribution is -2.65. The number of hydrogen-bond acceptors (Lipinski definition) is 7. The van der Waals surface area contributed by atoms with E-state index in [4.69, 9.17) is 4.74 Å². The minimum atomic E-state index is -1.58. The fraction of sp³-hybridized carbons (Fsp3) is 0.786. The number of aliphatic hydroxyl groups is 4. The van der Waals surface area contributed by atoms with Gasteiger partial charge in [0.1, 0.15) is 17.8 Å². The Balaban J connectivity index is 1.37. The van der Waals surface area contributed by atoms with Crippen LogP contribution >= 0.6 is 0 Å². The second kappa shape index (κ2) is 6.66. The largest absolute Gasteiger partial charge is 0.460 e. The highest BCUT2D eigenvalue weighted by molar-refractivity contribution is 5.94. The molecule has 1 aliphatic heterocycles. The highest BCUT2D eigenvalue weighted by Gasteiger charge is 2.73. The van der Waals surface area contributed by atoms with Crippen molar-refractivity contribution in [1.82, 2.24) is 0 Å². The molecule has 5 aliphatic carbocycles. The van der Waals surface area contributed by atoms with E-state index in [0.29, 0.717) is 32.1 Å². The van der Waals surface area contributed by atoms with E-state index in [1.54, 1.807) is 19.1 Å². The minimum absolute atomic E-state index is 0.0160. The molecule has 2 bridgehead atoms. The number of ether oxygens (including phenoxy) is 1. The van der Waals surface area contributed by atoms with E-state index in [9.17, 15) is 30.0 Å². The summed E-state index contributed by atoms with van der Waals surface area (Å²) in [6, 6.07) is 0. The number of ketones is 1. The lowest BCUT2D eigenvalue weighted by molar-refractivity contribution is -0.201. The van der Waals surface area contributed by atoms with Gasteiger partial charge in [-0.25, -0.2) is 4.79 Å². The zero-order chi connectivity index (χ0) is 25.4. The Morgan fingerprint density at radius 3 is 2.26 bits per heavy atom. The second-order valence-corrected chi connectivity index (χ2v) is 13.4. The number of allylic oxidation sites excluding steroid dienone is 1. The van der Waals surface area contributed by atoms with Crippen molar-refractivity contribution in [3.63, 3.8) is 0 Å². The van der Waals surface area contributed by atoms with Crippen molar-refractivity contribution in [3.05, 3.63) is 24.3 Å². The van der Waals surface area contributed by atoms with Crippen molar-refractivity contribution in [2.45, 2.75) is 95.2 Å². The molecular weight excluding hydrogens is 448 g/mol. The lowest BCUT2D eigenvalue weighted by atomic mass is 9.45. The molecule has 0 unspecified atom stereocenters. The molecule has 7 heteroatoms. The molecular formula is C28H38O7. The Kier molecular flexibility index (Phi) is 4.53. The van der Waals surface area contributed by atoms with Crippen LogP contribution in [0.4, 0.5) is 0 Å². The van der Waals surface area contributed by atoms with Crippen LogP contribution in [-0.2, 0) is 14.3 Å². The van der Waals surface area contributed by atoms with E-state index in [0.717, 1.165) is 6.42 Å². The number of carbonyl (C=O) groups is 2. The van der Waals surface area contributed by atoms with Crippen molar-refractivity contribution >= 4 is 11.8 Å². The summed E-state index contributed by atoms with van der Waals surface area (Å²) in [6.45, 7) is 7.38. The Morgan fingerprint density at radius 2 is 1.54 bits per heavy atom. The average Bonchev–Trinajstić information content (AvgIpc) is 3.26. The van der Waals surface area contributed by atoms with E-state index < -0.39 is 51.2 Å². The van der Waals surface area contributed by atoms with Crippen LogP contribution in [0.2, 0.25) is 0 Å². The Hall–Kier alpha value is -1.54. The number of aliphatic hydroxyl groups excluding tert-OH is 1. The van der Waals surface area contributed by atoms with Crippen molar-refractivity contribution in [2.75, 3.05) is 0 Å². The van der Waals surface area contributed by atoms with E-state index in [1.807, 2.05) is 13.0 Å².